The van der Waals surface area contributed by atoms with Gasteiger partial charge < -0.3 is 9.80 Å². The molecule has 1 saturated heterocycles. The molecule has 9 heteroatoms. The molecule has 2 aromatic heterocycles. The van der Waals surface area contributed by atoms with Gasteiger partial charge in [-0.05, 0) is 23.7 Å². The van der Waals surface area contributed by atoms with Crippen LogP contribution in [-0.2, 0) is 11.3 Å². The molecule has 1 fully saturated rings. The lowest BCUT2D eigenvalue weighted by Crippen LogP contribution is -2.50. The van der Waals surface area contributed by atoms with Gasteiger partial charge in [0.25, 0.3) is 5.56 Å². The van der Waals surface area contributed by atoms with Crippen molar-refractivity contribution in [2.75, 3.05) is 31.1 Å². The van der Waals surface area contributed by atoms with E-state index in [0.29, 0.717) is 26.2 Å². The van der Waals surface area contributed by atoms with E-state index in [0.717, 1.165) is 15.9 Å². The van der Waals surface area contributed by atoms with Gasteiger partial charge in [-0.25, -0.2) is 4.79 Å². The number of benzene rings is 1. The molecule has 0 spiro atoms. The van der Waals surface area contributed by atoms with Crippen LogP contribution in [0.15, 0.2) is 46.1 Å². The number of amides is 1. The van der Waals surface area contributed by atoms with Crippen LogP contribution >= 0.6 is 11.5 Å². The maximum Gasteiger partial charge on any atom is 0.328 e. The highest BCUT2D eigenvalue weighted by Gasteiger charge is 2.23. The summed E-state index contributed by atoms with van der Waals surface area (Å²) in [6.07, 6.45) is 1.34. The van der Waals surface area contributed by atoms with E-state index in [9.17, 15) is 14.4 Å². The van der Waals surface area contributed by atoms with E-state index in [1.54, 1.807) is 4.90 Å². The molecule has 3 aromatic rings. The summed E-state index contributed by atoms with van der Waals surface area (Å²) in [6, 6.07) is 9.36. The second-order valence-corrected chi connectivity index (χ2v) is 6.91. The van der Waals surface area contributed by atoms with Gasteiger partial charge >= 0.3 is 5.69 Å². The molecule has 0 radical (unpaired) electrons. The number of fused-ring (bicyclic) bond motifs is 1. The lowest BCUT2D eigenvalue weighted by Gasteiger charge is -2.35. The van der Waals surface area contributed by atoms with Gasteiger partial charge in [0.2, 0.25) is 5.91 Å². The summed E-state index contributed by atoms with van der Waals surface area (Å²) in [4.78, 5) is 41.3. The molecule has 1 aliphatic rings. The zero-order chi connectivity index (χ0) is 18.1. The van der Waals surface area contributed by atoms with E-state index in [4.69, 9.17) is 0 Å². The first-order valence-electron chi connectivity index (χ1n) is 8.29. The molecule has 26 heavy (non-hydrogen) atoms. The first-order valence-corrected chi connectivity index (χ1v) is 9.06. The van der Waals surface area contributed by atoms with E-state index in [1.165, 1.54) is 28.4 Å². The molecule has 0 unspecified atom stereocenters. The fourth-order valence-electron chi connectivity index (χ4n) is 3.08. The largest absolute Gasteiger partial charge is 0.352 e. The van der Waals surface area contributed by atoms with Crippen molar-refractivity contribution >= 4 is 33.3 Å². The maximum atomic E-state index is 12.5. The van der Waals surface area contributed by atoms with Gasteiger partial charge in [0.1, 0.15) is 12.4 Å². The molecule has 134 valence electrons. The molecule has 0 bridgehead atoms. The first-order chi connectivity index (χ1) is 12.6. The number of piperazine rings is 1. The van der Waals surface area contributed by atoms with E-state index < -0.39 is 11.2 Å². The van der Waals surface area contributed by atoms with Crippen molar-refractivity contribution in [3.05, 3.63) is 57.4 Å². The molecule has 4 rings (SSSR count). The Morgan fingerprint density at radius 1 is 1.12 bits per heavy atom. The number of anilines is 1. The summed E-state index contributed by atoms with van der Waals surface area (Å²) in [5.74, 6) is 0.830. The van der Waals surface area contributed by atoms with Crippen LogP contribution in [0.1, 0.15) is 0 Å². The summed E-state index contributed by atoms with van der Waals surface area (Å²) in [6.45, 7) is 2.46. The third-order valence-electron chi connectivity index (χ3n) is 4.49. The Morgan fingerprint density at radius 3 is 2.65 bits per heavy atom. The third-order valence-corrected chi connectivity index (χ3v) is 5.31. The van der Waals surface area contributed by atoms with Crippen molar-refractivity contribution in [2.24, 2.45) is 0 Å². The summed E-state index contributed by atoms with van der Waals surface area (Å²) in [5, 5.41) is 1.14. The molecule has 0 saturated carbocycles. The molecular formula is C17H17N5O3S. The van der Waals surface area contributed by atoms with E-state index in [2.05, 4.69) is 26.4 Å². The van der Waals surface area contributed by atoms with Crippen molar-refractivity contribution in [3.63, 3.8) is 0 Å². The normalized spacial score (nSPS) is 14.8. The summed E-state index contributed by atoms with van der Waals surface area (Å²) in [7, 11) is 0. The SMILES string of the molecule is O=C(Cn1ccc(=O)[nH]c1=O)N1CCN(c2nsc3ccccc23)CC1. The predicted octanol–water partition coefficient (Wildman–Crippen LogP) is 0.495. The molecule has 1 N–H and O–H groups in total. The van der Waals surface area contributed by atoms with Crippen LogP contribution in [0.25, 0.3) is 10.1 Å². The number of hydrogen-bond donors (Lipinski definition) is 1. The van der Waals surface area contributed by atoms with Gasteiger partial charge in [-0.2, -0.15) is 4.37 Å². The molecule has 1 aromatic carbocycles. The van der Waals surface area contributed by atoms with Gasteiger partial charge in [0, 0.05) is 43.8 Å². The van der Waals surface area contributed by atoms with Gasteiger partial charge in [0.05, 0.1) is 4.70 Å². The minimum absolute atomic E-state index is 0.0742. The first kappa shape index (κ1) is 16.5. The molecule has 3 heterocycles. The minimum Gasteiger partial charge on any atom is -0.352 e. The number of aromatic nitrogens is 3. The number of carbonyl (C=O) groups is 1. The molecular weight excluding hydrogens is 354 g/mol. The smallest absolute Gasteiger partial charge is 0.328 e. The standard InChI is InChI=1S/C17H17N5O3S/c23-14-5-6-22(17(25)18-14)11-15(24)20-7-9-21(10-8-20)16-12-3-1-2-4-13(12)26-19-16/h1-6H,7-11H2,(H,18,23,25). The highest BCUT2D eigenvalue weighted by atomic mass is 32.1. The van der Waals surface area contributed by atoms with Gasteiger partial charge in [-0.15, -0.1) is 0 Å². The third kappa shape index (κ3) is 3.13. The Kier molecular flexibility index (Phi) is 4.29. The fraction of sp³-hybridized carbons (Fsp3) is 0.294. The number of nitrogens with one attached hydrogen (secondary N) is 1. The Balaban J connectivity index is 1.42. The Hall–Kier alpha value is -2.94. The summed E-state index contributed by atoms with van der Waals surface area (Å²) < 4.78 is 6.93. The predicted molar refractivity (Wildman–Crippen MR) is 99.7 cm³/mol. The van der Waals surface area contributed by atoms with Crippen LogP contribution in [0.5, 0.6) is 0 Å². The second kappa shape index (κ2) is 6.75. The summed E-state index contributed by atoms with van der Waals surface area (Å²) >= 11 is 1.48. The number of carbonyl (C=O) groups excluding carboxylic acids is 1. The topological polar surface area (TPSA) is 91.3 Å². The molecule has 0 atom stereocenters. The van der Waals surface area contributed by atoms with Crippen molar-refractivity contribution in [1.29, 1.82) is 0 Å². The quantitative estimate of drug-likeness (QED) is 0.724. The van der Waals surface area contributed by atoms with Crippen LogP contribution < -0.4 is 16.1 Å². The molecule has 1 aliphatic heterocycles. The van der Waals surface area contributed by atoms with Crippen molar-refractivity contribution < 1.29 is 4.79 Å². The number of rotatable bonds is 3. The summed E-state index contributed by atoms with van der Waals surface area (Å²) in [5.41, 5.74) is -1.04. The minimum atomic E-state index is -0.571. The van der Waals surface area contributed by atoms with Gasteiger partial charge in [0.15, 0.2) is 0 Å². The average Bonchev–Trinajstić information content (AvgIpc) is 3.08. The molecule has 0 aliphatic carbocycles. The Labute approximate surface area is 152 Å². The highest BCUT2D eigenvalue weighted by Crippen LogP contribution is 2.29. The Bertz CT molecular complexity index is 1060. The maximum absolute atomic E-state index is 12.5. The zero-order valence-corrected chi connectivity index (χ0v) is 14.7. The number of H-pyrrole nitrogens is 1. The van der Waals surface area contributed by atoms with E-state index in [-0.39, 0.29) is 12.5 Å². The highest BCUT2D eigenvalue weighted by molar-refractivity contribution is 7.13. The van der Waals surface area contributed by atoms with Gasteiger partial charge in [-0.1, -0.05) is 12.1 Å². The van der Waals surface area contributed by atoms with E-state index >= 15 is 0 Å². The van der Waals surface area contributed by atoms with Crippen LogP contribution in [0.3, 0.4) is 0 Å². The van der Waals surface area contributed by atoms with E-state index in [1.807, 2.05) is 12.1 Å². The number of hydrogen-bond acceptors (Lipinski definition) is 6. The molecule has 1 amide bonds. The van der Waals surface area contributed by atoms with Crippen molar-refractivity contribution in [2.45, 2.75) is 6.54 Å². The Morgan fingerprint density at radius 2 is 1.88 bits per heavy atom. The lowest BCUT2D eigenvalue weighted by atomic mass is 10.2. The monoisotopic (exact) mass is 371 g/mol. The lowest BCUT2D eigenvalue weighted by molar-refractivity contribution is -0.132. The number of nitrogens with zero attached hydrogens (tertiary/aromatic N) is 4. The fourth-order valence-corrected chi connectivity index (χ4v) is 3.88. The van der Waals surface area contributed by atoms with Crippen molar-refractivity contribution in [3.8, 4) is 0 Å². The average molecular weight is 371 g/mol. The molecule has 8 nitrogen and oxygen atoms in total. The van der Waals surface area contributed by atoms with Crippen LogP contribution in [0.4, 0.5) is 5.82 Å². The van der Waals surface area contributed by atoms with Gasteiger partial charge in [-0.3, -0.25) is 19.1 Å². The van der Waals surface area contributed by atoms with Crippen LogP contribution in [0.2, 0.25) is 0 Å². The van der Waals surface area contributed by atoms with Crippen LogP contribution in [0, 0.1) is 0 Å². The second-order valence-electron chi connectivity index (χ2n) is 6.11. The van der Waals surface area contributed by atoms with Crippen molar-refractivity contribution in [1.82, 2.24) is 18.8 Å². The number of aromatic amines is 1. The van der Waals surface area contributed by atoms with Crippen LogP contribution in [-0.4, -0.2) is 50.9 Å². The zero-order valence-electron chi connectivity index (χ0n) is 13.9.